The summed E-state index contributed by atoms with van der Waals surface area (Å²) in [4.78, 5) is 12.1. The van der Waals surface area contributed by atoms with Crippen LogP contribution in [0.15, 0.2) is 54.6 Å². The van der Waals surface area contributed by atoms with Gasteiger partial charge in [-0.1, -0.05) is 18.2 Å². The van der Waals surface area contributed by atoms with Crippen LogP contribution in [0, 0.1) is 13.8 Å². The van der Waals surface area contributed by atoms with Crippen LogP contribution < -0.4 is 19.5 Å². The zero-order valence-electron chi connectivity index (χ0n) is 18.7. The average molecular weight is 447 g/mol. The number of aryl methyl sites for hydroxylation is 2. The van der Waals surface area contributed by atoms with E-state index in [2.05, 4.69) is 20.6 Å². The van der Waals surface area contributed by atoms with E-state index in [0.29, 0.717) is 23.9 Å². The van der Waals surface area contributed by atoms with Gasteiger partial charge in [-0.05, 0) is 55.3 Å². The quantitative estimate of drug-likeness (QED) is 0.394. The number of methoxy groups -OCH3 is 1. The van der Waals surface area contributed by atoms with Gasteiger partial charge in [-0.25, -0.2) is 0 Å². The third-order valence-electron chi connectivity index (χ3n) is 5.02. The van der Waals surface area contributed by atoms with Crippen LogP contribution >= 0.6 is 0 Å². The lowest BCUT2D eigenvalue weighted by Crippen LogP contribution is -2.32. The van der Waals surface area contributed by atoms with E-state index in [0.717, 1.165) is 28.2 Å². The highest BCUT2D eigenvalue weighted by Gasteiger charge is 2.11. The summed E-state index contributed by atoms with van der Waals surface area (Å²) >= 11 is 0. The maximum atomic E-state index is 12.1. The third kappa shape index (κ3) is 5.20. The number of hydrogen-bond acceptors (Lipinski definition) is 7. The monoisotopic (exact) mass is 447 g/mol. The average Bonchev–Trinajstić information content (AvgIpc) is 3.25. The number of benzene rings is 2. The van der Waals surface area contributed by atoms with Crippen LogP contribution in [-0.2, 0) is 4.79 Å². The van der Waals surface area contributed by atoms with E-state index in [1.165, 1.54) is 0 Å². The van der Waals surface area contributed by atoms with Crippen LogP contribution in [0.1, 0.15) is 11.1 Å². The molecule has 9 heteroatoms. The third-order valence-corrected chi connectivity index (χ3v) is 5.02. The van der Waals surface area contributed by atoms with Crippen molar-refractivity contribution < 1.29 is 19.0 Å². The number of hydrogen-bond donors (Lipinski definition) is 1. The summed E-state index contributed by atoms with van der Waals surface area (Å²) in [6.07, 6.45) is 0. The molecule has 0 atom stereocenters. The summed E-state index contributed by atoms with van der Waals surface area (Å²) in [6.45, 7) is 4.43. The molecule has 0 aliphatic rings. The number of aromatic nitrogens is 4. The molecule has 2 heterocycles. The molecule has 2 aromatic carbocycles. The highest BCUT2D eigenvalue weighted by atomic mass is 16.5. The number of para-hydroxylation sites is 1. The molecular formula is C24H25N5O4. The molecule has 0 saturated carbocycles. The minimum atomic E-state index is -0.217. The Balaban J connectivity index is 1.31. The van der Waals surface area contributed by atoms with Crippen molar-refractivity contribution in [1.82, 2.24) is 25.1 Å². The van der Waals surface area contributed by atoms with E-state index >= 15 is 0 Å². The largest absolute Gasteiger partial charge is 0.497 e. The first-order valence-electron chi connectivity index (χ1n) is 10.5. The highest BCUT2D eigenvalue weighted by molar-refractivity contribution is 5.77. The number of amides is 1. The topological polar surface area (TPSA) is 99.9 Å². The van der Waals surface area contributed by atoms with Crippen LogP contribution in [0.3, 0.4) is 0 Å². The Hall–Kier alpha value is -4.14. The lowest BCUT2D eigenvalue weighted by molar-refractivity contribution is -0.123. The smallest absolute Gasteiger partial charge is 0.258 e. The van der Waals surface area contributed by atoms with Crippen LogP contribution in [0.4, 0.5) is 0 Å². The first-order chi connectivity index (χ1) is 16.0. The van der Waals surface area contributed by atoms with Crippen LogP contribution in [-0.4, -0.2) is 52.6 Å². The SMILES string of the molecule is COc1ccc(-c2nnc3ccc(OCCNC(=O)COc4c(C)cccc4C)nn23)cc1. The fourth-order valence-corrected chi connectivity index (χ4v) is 3.33. The van der Waals surface area contributed by atoms with E-state index in [1.54, 1.807) is 23.8 Å². The van der Waals surface area contributed by atoms with E-state index in [1.807, 2.05) is 56.3 Å². The first-order valence-corrected chi connectivity index (χ1v) is 10.5. The molecule has 0 spiro atoms. The highest BCUT2D eigenvalue weighted by Crippen LogP contribution is 2.23. The van der Waals surface area contributed by atoms with Crippen LogP contribution in [0.25, 0.3) is 17.0 Å². The first kappa shape index (κ1) is 22.1. The van der Waals surface area contributed by atoms with Crippen LogP contribution in [0.5, 0.6) is 17.4 Å². The van der Waals surface area contributed by atoms with Gasteiger partial charge in [0.15, 0.2) is 18.1 Å². The zero-order valence-corrected chi connectivity index (χ0v) is 18.7. The van der Waals surface area contributed by atoms with E-state index < -0.39 is 0 Å². The summed E-state index contributed by atoms with van der Waals surface area (Å²) in [6, 6.07) is 16.8. The Kier molecular flexibility index (Phi) is 6.68. The minimum absolute atomic E-state index is 0.0537. The molecule has 0 saturated heterocycles. The van der Waals surface area contributed by atoms with Gasteiger partial charge in [0.2, 0.25) is 5.88 Å². The van der Waals surface area contributed by atoms with E-state index in [9.17, 15) is 4.79 Å². The van der Waals surface area contributed by atoms with Gasteiger partial charge >= 0.3 is 0 Å². The molecule has 0 aliphatic carbocycles. The van der Waals surface area contributed by atoms with Gasteiger partial charge in [0.1, 0.15) is 18.1 Å². The molecule has 33 heavy (non-hydrogen) atoms. The van der Waals surface area contributed by atoms with Crippen molar-refractivity contribution in [2.75, 3.05) is 26.9 Å². The summed E-state index contributed by atoms with van der Waals surface area (Å²) in [5.41, 5.74) is 3.44. The molecule has 2 aromatic heterocycles. The van der Waals surface area contributed by atoms with Crippen molar-refractivity contribution in [3.05, 3.63) is 65.7 Å². The fourth-order valence-electron chi connectivity index (χ4n) is 3.33. The van der Waals surface area contributed by atoms with Crippen molar-refractivity contribution in [3.63, 3.8) is 0 Å². The van der Waals surface area contributed by atoms with Gasteiger partial charge in [-0.3, -0.25) is 4.79 Å². The second kappa shape index (κ2) is 9.99. The fraction of sp³-hybridized carbons (Fsp3) is 0.250. The summed E-state index contributed by atoms with van der Waals surface area (Å²) in [5, 5.41) is 15.6. The standard InChI is InChI=1S/C24H25N5O4/c1-16-5-4-6-17(2)23(16)33-15-21(30)25-13-14-32-22-12-11-20-26-27-24(29(20)28-22)18-7-9-19(31-3)10-8-18/h4-12H,13-15H2,1-3H3,(H,25,30). The number of ether oxygens (including phenoxy) is 3. The predicted molar refractivity (Wildman–Crippen MR) is 123 cm³/mol. The number of carbonyl (C=O) groups excluding carboxylic acids is 1. The molecule has 0 fully saturated rings. The summed E-state index contributed by atoms with van der Waals surface area (Å²) in [5.74, 6) is 2.27. The molecule has 9 nitrogen and oxygen atoms in total. The number of nitrogens with one attached hydrogen (secondary N) is 1. The molecule has 0 unspecified atom stereocenters. The second-order valence-corrected chi connectivity index (χ2v) is 7.40. The van der Waals surface area contributed by atoms with E-state index in [-0.39, 0.29) is 19.1 Å². The van der Waals surface area contributed by atoms with Crippen molar-refractivity contribution >= 4 is 11.6 Å². The Morgan fingerprint density at radius 2 is 1.73 bits per heavy atom. The maximum Gasteiger partial charge on any atom is 0.258 e. The van der Waals surface area contributed by atoms with Gasteiger partial charge in [-0.15, -0.1) is 15.3 Å². The second-order valence-electron chi connectivity index (χ2n) is 7.40. The summed E-state index contributed by atoms with van der Waals surface area (Å²) in [7, 11) is 1.62. The molecule has 4 aromatic rings. The maximum absolute atomic E-state index is 12.1. The van der Waals surface area contributed by atoms with Gasteiger partial charge < -0.3 is 19.5 Å². The van der Waals surface area contributed by atoms with Crippen LogP contribution in [0.2, 0.25) is 0 Å². The Morgan fingerprint density at radius 3 is 2.45 bits per heavy atom. The van der Waals surface area contributed by atoms with Gasteiger partial charge in [0.05, 0.1) is 13.7 Å². The lowest BCUT2D eigenvalue weighted by Gasteiger charge is -2.12. The number of carbonyl (C=O) groups is 1. The lowest BCUT2D eigenvalue weighted by atomic mass is 10.1. The number of nitrogens with zero attached hydrogens (tertiary/aromatic N) is 4. The molecule has 0 radical (unpaired) electrons. The number of fused-ring (bicyclic) bond motifs is 1. The summed E-state index contributed by atoms with van der Waals surface area (Å²) < 4.78 is 18.2. The Morgan fingerprint density at radius 1 is 0.970 bits per heavy atom. The van der Waals surface area contributed by atoms with Gasteiger partial charge in [0, 0.05) is 11.6 Å². The van der Waals surface area contributed by atoms with Crippen molar-refractivity contribution in [2.45, 2.75) is 13.8 Å². The predicted octanol–water partition coefficient (Wildman–Crippen LogP) is 2.99. The minimum Gasteiger partial charge on any atom is -0.497 e. The van der Waals surface area contributed by atoms with E-state index in [4.69, 9.17) is 14.2 Å². The molecular weight excluding hydrogens is 422 g/mol. The molecule has 0 bridgehead atoms. The van der Waals surface area contributed by atoms with Crippen molar-refractivity contribution in [2.24, 2.45) is 0 Å². The Bertz CT molecular complexity index is 1230. The molecule has 4 rings (SSSR count). The van der Waals surface area contributed by atoms with Crippen molar-refractivity contribution in [1.29, 1.82) is 0 Å². The molecule has 1 N–H and O–H groups in total. The zero-order chi connectivity index (χ0) is 23.2. The molecule has 1 amide bonds. The van der Waals surface area contributed by atoms with Gasteiger partial charge in [-0.2, -0.15) is 4.52 Å². The van der Waals surface area contributed by atoms with Gasteiger partial charge in [0.25, 0.3) is 5.91 Å². The van der Waals surface area contributed by atoms with Crippen molar-refractivity contribution in [3.8, 4) is 28.8 Å². The molecule has 0 aliphatic heterocycles. The Labute approximate surface area is 191 Å². The molecule has 170 valence electrons. The normalized spacial score (nSPS) is 10.8. The number of rotatable bonds is 9.